The van der Waals surface area contributed by atoms with Gasteiger partial charge in [0.25, 0.3) is 8.32 Å². The third-order valence-corrected chi connectivity index (χ3v) is 14.4. The van der Waals surface area contributed by atoms with Crippen molar-refractivity contribution in [3.05, 3.63) is 45.6 Å². The topological polar surface area (TPSA) is 38.7 Å². The second kappa shape index (κ2) is 13.5. The third-order valence-electron chi connectivity index (χ3n) is 9.53. The number of fused-ring (bicyclic) bond motifs is 1. The number of rotatable bonds is 12. The Morgan fingerprint density at radius 1 is 1.00 bits per heavy atom. The fraction of sp³-hybridized carbons (Fsp3) is 0.714. The summed E-state index contributed by atoms with van der Waals surface area (Å²) >= 11 is 3.57. The van der Waals surface area contributed by atoms with Crippen LogP contribution >= 0.6 is 15.9 Å². The number of ether oxygens (including phenoxy) is 1. The van der Waals surface area contributed by atoms with Crippen molar-refractivity contribution in [1.82, 2.24) is 0 Å². The molecule has 228 valence electrons. The van der Waals surface area contributed by atoms with E-state index in [0.717, 1.165) is 62.9 Å². The van der Waals surface area contributed by atoms with Gasteiger partial charge in [-0.2, -0.15) is 0 Å². The summed E-state index contributed by atoms with van der Waals surface area (Å²) < 4.78 is 13.5. The van der Waals surface area contributed by atoms with Gasteiger partial charge in [-0.25, -0.2) is 0 Å². The van der Waals surface area contributed by atoms with Crippen molar-refractivity contribution in [2.45, 2.75) is 162 Å². The minimum absolute atomic E-state index is 0.143. The van der Waals surface area contributed by atoms with Gasteiger partial charge in [-0.05, 0) is 142 Å². The van der Waals surface area contributed by atoms with E-state index in [9.17, 15) is 5.11 Å². The van der Waals surface area contributed by atoms with E-state index in [1.54, 1.807) is 0 Å². The van der Waals surface area contributed by atoms with E-state index in [4.69, 9.17) is 9.16 Å². The number of alkyl halides is 1. The highest BCUT2D eigenvalue weighted by Gasteiger charge is 2.41. The molecule has 0 saturated carbocycles. The van der Waals surface area contributed by atoms with Crippen LogP contribution in [-0.2, 0) is 6.42 Å². The SMILES string of the molecule is C/C(=C\CC[C@@]1(C)CCc2c(C)c(O[Si](C)(C)C(C)(C)C)c(C)c(C)c2O1)CC/C=C(\C)CCC(O)C(C)(C)Br. The molecule has 0 amide bonds. The molecule has 1 N–H and O–H groups in total. The molecular formula is C35H59BrO3Si. The molecular weight excluding hydrogens is 576 g/mol. The lowest BCUT2D eigenvalue weighted by Crippen LogP contribution is -2.44. The van der Waals surface area contributed by atoms with Gasteiger partial charge < -0.3 is 14.3 Å². The van der Waals surface area contributed by atoms with Crippen LogP contribution in [0.25, 0.3) is 0 Å². The molecule has 1 heterocycles. The summed E-state index contributed by atoms with van der Waals surface area (Å²) in [6.45, 7) is 29.0. The van der Waals surface area contributed by atoms with E-state index in [1.807, 2.05) is 13.8 Å². The maximum Gasteiger partial charge on any atom is 0.250 e. The highest BCUT2D eigenvalue weighted by molar-refractivity contribution is 9.10. The predicted molar refractivity (Wildman–Crippen MR) is 180 cm³/mol. The number of hydrogen-bond donors (Lipinski definition) is 1. The van der Waals surface area contributed by atoms with E-state index in [2.05, 4.69) is 103 Å². The molecule has 2 atom stereocenters. The Balaban J connectivity index is 2.00. The first kappa shape index (κ1) is 35.2. The van der Waals surface area contributed by atoms with Crippen molar-refractivity contribution < 1.29 is 14.3 Å². The molecule has 1 aliphatic rings. The van der Waals surface area contributed by atoms with Crippen molar-refractivity contribution in [3.63, 3.8) is 0 Å². The minimum Gasteiger partial charge on any atom is -0.543 e. The molecule has 0 bridgehead atoms. The van der Waals surface area contributed by atoms with Crippen LogP contribution in [0.1, 0.15) is 123 Å². The molecule has 1 aromatic carbocycles. The van der Waals surface area contributed by atoms with E-state index in [0.29, 0.717) is 0 Å². The maximum atomic E-state index is 10.3. The first-order chi connectivity index (χ1) is 18.2. The van der Waals surface area contributed by atoms with Crippen molar-refractivity contribution in [2.24, 2.45) is 0 Å². The van der Waals surface area contributed by atoms with Gasteiger partial charge in [-0.3, -0.25) is 0 Å². The van der Waals surface area contributed by atoms with Gasteiger partial charge in [0, 0.05) is 9.89 Å². The Morgan fingerprint density at radius 3 is 2.15 bits per heavy atom. The molecule has 3 nitrogen and oxygen atoms in total. The summed E-state index contributed by atoms with van der Waals surface area (Å²) in [4.78, 5) is 0. The summed E-state index contributed by atoms with van der Waals surface area (Å²) in [6.07, 6.45) is 12.4. The van der Waals surface area contributed by atoms with E-state index < -0.39 is 8.32 Å². The number of allylic oxidation sites excluding steroid dienone is 4. The minimum atomic E-state index is -1.93. The average Bonchev–Trinajstić information content (AvgIpc) is 2.82. The Labute approximate surface area is 256 Å². The first-order valence-corrected chi connectivity index (χ1v) is 19.1. The predicted octanol–water partition coefficient (Wildman–Crippen LogP) is 10.8. The van der Waals surface area contributed by atoms with Crippen LogP contribution in [0.3, 0.4) is 0 Å². The average molecular weight is 636 g/mol. The van der Waals surface area contributed by atoms with Gasteiger partial charge in [0.05, 0.1) is 6.10 Å². The van der Waals surface area contributed by atoms with Gasteiger partial charge in [0.15, 0.2) is 0 Å². The molecule has 0 aliphatic carbocycles. The van der Waals surface area contributed by atoms with Gasteiger partial charge >= 0.3 is 0 Å². The number of hydrogen-bond acceptors (Lipinski definition) is 3. The number of halogens is 1. The van der Waals surface area contributed by atoms with Crippen LogP contribution in [0.4, 0.5) is 0 Å². The molecule has 0 radical (unpaired) electrons. The van der Waals surface area contributed by atoms with Gasteiger partial charge in [0.1, 0.15) is 17.1 Å². The van der Waals surface area contributed by atoms with Crippen molar-refractivity contribution in [2.75, 3.05) is 0 Å². The van der Waals surface area contributed by atoms with Gasteiger partial charge in [-0.1, -0.05) is 60.0 Å². The zero-order valence-corrected chi connectivity index (χ0v) is 30.6. The monoisotopic (exact) mass is 634 g/mol. The Hall–Kier alpha value is -1.04. The summed E-state index contributed by atoms with van der Waals surface area (Å²) in [5, 5.41) is 10.4. The van der Waals surface area contributed by atoms with Gasteiger partial charge in [-0.15, -0.1) is 0 Å². The smallest absolute Gasteiger partial charge is 0.250 e. The Morgan fingerprint density at radius 2 is 1.57 bits per heavy atom. The highest BCUT2D eigenvalue weighted by Crippen LogP contribution is 2.47. The second-order valence-corrected chi connectivity index (χ2v) is 21.5. The normalized spacial score (nSPS) is 19.8. The summed E-state index contributed by atoms with van der Waals surface area (Å²) in [6, 6.07) is 0. The molecule has 1 unspecified atom stereocenters. The molecule has 1 aromatic rings. The molecule has 5 heteroatoms. The lowest BCUT2D eigenvalue weighted by atomic mass is 9.85. The Kier molecular flexibility index (Phi) is 11.9. The van der Waals surface area contributed by atoms with Crippen LogP contribution < -0.4 is 9.16 Å². The molecule has 0 fully saturated rings. The zero-order valence-electron chi connectivity index (χ0n) is 28.0. The summed E-state index contributed by atoms with van der Waals surface area (Å²) in [5.74, 6) is 2.20. The van der Waals surface area contributed by atoms with E-state index >= 15 is 0 Å². The van der Waals surface area contributed by atoms with Crippen LogP contribution in [0.2, 0.25) is 18.1 Å². The third kappa shape index (κ3) is 9.23. The van der Waals surface area contributed by atoms with Crippen LogP contribution in [0.5, 0.6) is 11.5 Å². The summed E-state index contributed by atoms with van der Waals surface area (Å²) in [7, 11) is -1.93. The van der Waals surface area contributed by atoms with Crippen LogP contribution in [0.15, 0.2) is 23.3 Å². The summed E-state index contributed by atoms with van der Waals surface area (Å²) in [5.41, 5.74) is 7.75. The van der Waals surface area contributed by atoms with Crippen molar-refractivity contribution in [1.29, 1.82) is 0 Å². The second-order valence-electron chi connectivity index (χ2n) is 14.7. The zero-order chi connectivity index (χ0) is 30.7. The lowest BCUT2D eigenvalue weighted by Gasteiger charge is -2.41. The highest BCUT2D eigenvalue weighted by atomic mass is 79.9. The molecule has 2 rings (SSSR count). The molecule has 0 aromatic heterocycles. The first-order valence-electron chi connectivity index (χ1n) is 15.4. The number of aliphatic hydroxyl groups excluding tert-OH is 1. The molecule has 40 heavy (non-hydrogen) atoms. The quantitative estimate of drug-likeness (QED) is 0.141. The largest absolute Gasteiger partial charge is 0.543 e. The Bertz CT molecular complexity index is 1090. The van der Waals surface area contributed by atoms with E-state index in [-0.39, 0.29) is 21.1 Å². The molecule has 1 aliphatic heterocycles. The molecule has 0 spiro atoms. The lowest BCUT2D eigenvalue weighted by molar-refractivity contribution is 0.0559. The standard InChI is InChI=1S/C35H59BrO3Si/c1-24(16-14-17-25(2)19-20-30(37)34(9,10)36)18-15-22-35(11)23-21-29-28(5)31(26(3)27(4)32(29)38-35)39-40(12,13)33(6,7)8/h17-18,30,37H,14-16,19-23H2,1-13H3/b24-18+,25-17+/t30?,35-/m0/s1. The van der Waals surface area contributed by atoms with Gasteiger partial charge in [0.2, 0.25) is 0 Å². The fourth-order valence-corrected chi connectivity index (χ4v) is 6.45. The fourth-order valence-electron chi connectivity index (χ4n) is 5.10. The maximum absolute atomic E-state index is 10.3. The number of benzene rings is 1. The van der Waals surface area contributed by atoms with Crippen LogP contribution in [0, 0.1) is 20.8 Å². The van der Waals surface area contributed by atoms with Crippen LogP contribution in [-0.4, -0.2) is 29.5 Å². The number of aliphatic hydroxyl groups is 1. The van der Waals surface area contributed by atoms with Crippen molar-refractivity contribution in [3.8, 4) is 11.5 Å². The van der Waals surface area contributed by atoms with Crippen molar-refractivity contribution >= 4 is 24.2 Å². The molecule has 0 saturated heterocycles. The van der Waals surface area contributed by atoms with E-state index in [1.165, 1.54) is 33.4 Å².